The van der Waals surface area contributed by atoms with Gasteiger partial charge in [0.05, 0.1) is 13.2 Å². The zero-order valence-electron chi connectivity index (χ0n) is 13.3. The number of hydrogen-bond acceptors (Lipinski definition) is 3. The second-order valence-electron chi connectivity index (χ2n) is 5.49. The van der Waals surface area contributed by atoms with E-state index in [-0.39, 0.29) is 17.7 Å². The molecule has 0 fully saturated rings. The van der Waals surface area contributed by atoms with E-state index in [0.29, 0.717) is 18.1 Å². The summed E-state index contributed by atoms with van der Waals surface area (Å²) in [6.07, 6.45) is -0.530. The highest BCUT2D eigenvalue weighted by Crippen LogP contribution is 2.21. The number of amides is 1. The zero-order chi connectivity index (χ0) is 16.0. The van der Waals surface area contributed by atoms with Crippen molar-refractivity contribution in [3.8, 4) is 5.75 Å². The molecular weight excluding hydrogens is 273 g/mol. The van der Waals surface area contributed by atoms with E-state index in [4.69, 9.17) is 9.47 Å². The molecule has 0 aromatic heterocycles. The number of nitrogens with one attached hydrogen (secondary N) is 1. The second-order valence-corrected chi connectivity index (χ2v) is 5.49. The molecule has 118 valence electrons. The second kappa shape index (κ2) is 7.98. The Bertz CT molecular complexity index is 477. The lowest BCUT2D eigenvalue weighted by Gasteiger charge is -2.19. The summed E-state index contributed by atoms with van der Waals surface area (Å²) in [7, 11) is 1.41. The summed E-state index contributed by atoms with van der Waals surface area (Å²) in [6, 6.07) is 4.34. The van der Waals surface area contributed by atoms with Crippen LogP contribution in [0.5, 0.6) is 5.75 Å². The molecule has 1 aromatic rings. The maximum atomic E-state index is 13.7. The fourth-order valence-corrected chi connectivity index (χ4v) is 1.78. The number of ether oxygens (including phenoxy) is 2. The molecule has 1 amide bonds. The van der Waals surface area contributed by atoms with Crippen molar-refractivity contribution < 1.29 is 18.7 Å². The van der Waals surface area contributed by atoms with Gasteiger partial charge in [0.2, 0.25) is 5.91 Å². The third-order valence-corrected chi connectivity index (χ3v) is 3.08. The van der Waals surface area contributed by atoms with Crippen LogP contribution in [-0.2, 0) is 9.53 Å². The summed E-state index contributed by atoms with van der Waals surface area (Å²) < 4.78 is 24.0. The third-order valence-electron chi connectivity index (χ3n) is 3.08. The number of methoxy groups -OCH3 is 1. The van der Waals surface area contributed by atoms with E-state index < -0.39 is 11.9 Å². The lowest BCUT2D eigenvalue weighted by molar-refractivity contribution is -0.133. The highest BCUT2D eigenvalue weighted by Gasteiger charge is 2.18. The van der Waals surface area contributed by atoms with Gasteiger partial charge in [0, 0.05) is 6.61 Å². The summed E-state index contributed by atoms with van der Waals surface area (Å²) >= 11 is 0. The Morgan fingerprint density at radius 2 is 1.95 bits per heavy atom. The molecule has 0 aliphatic carbocycles. The van der Waals surface area contributed by atoms with Crippen LogP contribution < -0.4 is 10.1 Å². The van der Waals surface area contributed by atoms with Crippen molar-refractivity contribution in [3.05, 3.63) is 29.6 Å². The van der Waals surface area contributed by atoms with Gasteiger partial charge in [-0.25, -0.2) is 4.39 Å². The highest BCUT2D eigenvalue weighted by molar-refractivity contribution is 5.80. The lowest BCUT2D eigenvalue weighted by atomic mass is 10.1. The lowest BCUT2D eigenvalue weighted by Crippen LogP contribution is -2.36. The average molecular weight is 297 g/mol. The van der Waals surface area contributed by atoms with E-state index in [2.05, 4.69) is 5.32 Å². The molecule has 1 aromatic carbocycles. The minimum Gasteiger partial charge on any atom is -0.494 e. The summed E-state index contributed by atoms with van der Waals surface area (Å²) in [5.41, 5.74) is 0.678. The predicted octanol–water partition coefficient (Wildman–Crippen LogP) is 3.07. The number of benzene rings is 1. The number of carbonyl (C=O) groups is 1. The first-order chi connectivity index (χ1) is 9.85. The van der Waals surface area contributed by atoms with Crippen LogP contribution in [0.2, 0.25) is 0 Å². The largest absolute Gasteiger partial charge is 0.494 e. The molecule has 0 saturated carbocycles. The Labute approximate surface area is 125 Å². The van der Waals surface area contributed by atoms with E-state index in [1.54, 1.807) is 26.0 Å². The average Bonchev–Trinajstić information content (AvgIpc) is 2.44. The fourth-order valence-electron chi connectivity index (χ4n) is 1.78. The van der Waals surface area contributed by atoms with Gasteiger partial charge < -0.3 is 14.8 Å². The molecule has 5 heteroatoms. The first-order valence-electron chi connectivity index (χ1n) is 7.10. The van der Waals surface area contributed by atoms with Crippen molar-refractivity contribution >= 4 is 5.91 Å². The number of halogens is 1. The molecule has 0 saturated heterocycles. The normalized spacial score (nSPS) is 13.9. The van der Waals surface area contributed by atoms with Crippen molar-refractivity contribution in [1.29, 1.82) is 0 Å². The number of rotatable bonds is 7. The number of hydrogen-bond donors (Lipinski definition) is 1. The zero-order valence-corrected chi connectivity index (χ0v) is 13.3. The van der Waals surface area contributed by atoms with Crippen molar-refractivity contribution in [2.24, 2.45) is 5.92 Å². The van der Waals surface area contributed by atoms with Crippen molar-refractivity contribution in [2.45, 2.75) is 39.8 Å². The minimum atomic E-state index is -0.530. The van der Waals surface area contributed by atoms with E-state index in [1.807, 2.05) is 13.8 Å². The Morgan fingerprint density at radius 1 is 1.29 bits per heavy atom. The monoisotopic (exact) mass is 297 g/mol. The molecule has 0 bridgehead atoms. The molecule has 2 unspecified atom stereocenters. The minimum absolute atomic E-state index is 0.186. The van der Waals surface area contributed by atoms with Gasteiger partial charge in [-0.15, -0.1) is 0 Å². The summed E-state index contributed by atoms with van der Waals surface area (Å²) in [5.74, 6) is -0.0983. The van der Waals surface area contributed by atoms with Crippen LogP contribution in [0.3, 0.4) is 0 Å². The van der Waals surface area contributed by atoms with Gasteiger partial charge in [-0.05, 0) is 37.5 Å². The van der Waals surface area contributed by atoms with Crippen LogP contribution in [0.25, 0.3) is 0 Å². The predicted molar refractivity (Wildman–Crippen MR) is 79.8 cm³/mol. The summed E-state index contributed by atoms with van der Waals surface area (Å²) in [6.45, 7) is 8.08. The smallest absolute Gasteiger partial charge is 0.249 e. The molecule has 0 radical (unpaired) electrons. The van der Waals surface area contributed by atoms with Crippen LogP contribution in [0, 0.1) is 11.7 Å². The van der Waals surface area contributed by atoms with E-state index in [1.165, 1.54) is 13.2 Å². The third kappa shape index (κ3) is 5.34. The molecule has 1 N–H and O–H groups in total. The molecule has 4 nitrogen and oxygen atoms in total. The van der Waals surface area contributed by atoms with Gasteiger partial charge in [0.15, 0.2) is 11.6 Å². The molecule has 21 heavy (non-hydrogen) atoms. The molecule has 1 rings (SSSR count). The molecule has 0 heterocycles. The van der Waals surface area contributed by atoms with Crippen LogP contribution in [0.15, 0.2) is 18.2 Å². The van der Waals surface area contributed by atoms with Crippen LogP contribution in [0.1, 0.15) is 39.3 Å². The Balaban J connectivity index is 2.61. The van der Waals surface area contributed by atoms with Crippen molar-refractivity contribution in [1.82, 2.24) is 5.32 Å². The standard InChI is InChI=1S/C16H24FNO3/c1-10(2)9-21-12(4)16(19)18-11(3)13-6-7-15(20-5)14(17)8-13/h6-8,10-12H,9H2,1-5H3,(H,18,19). The van der Waals surface area contributed by atoms with Gasteiger partial charge in [-0.2, -0.15) is 0 Å². The topological polar surface area (TPSA) is 47.6 Å². The molecule has 0 spiro atoms. The Kier molecular flexibility index (Phi) is 6.62. The SMILES string of the molecule is COc1ccc(C(C)NC(=O)C(C)OCC(C)C)cc1F. The molecular formula is C16H24FNO3. The van der Waals surface area contributed by atoms with Crippen LogP contribution in [0.4, 0.5) is 4.39 Å². The quantitative estimate of drug-likeness (QED) is 0.841. The molecule has 0 aliphatic heterocycles. The maximum Gasteiger partial charge on any atom is 0.249 e. The highest BCUT2D eigenvalue weighted by atomic mass is 19.1. The molecule has 0 aliphatic rings. The van der Waals surface area contributed by atoms with Crippen LogP contribution >= 0.6 is 0 Å². The van der Waals surface area contributed by atoms with E-state index in [9.17, 15) is 9.18 Å². The van der Waals surface area contributed by atoms with Crippen LogP contribution in [-0.4, -0.2) is 25.7 Å². The Morgan fingerprint density at radius 3 is 2.48 bits per heavy atom. The summed E-state index contributed by atoms with van der Waals surface area (Å²) in [4.78, 5) is 12.0. The van der Waals surface area contributed by atoms with Gasteiger partial charge in [0.25, 0.3) is 0 Å². The fraction of sp³-hybridized carbons (Fsp3) is 0.562. The molecule has 2 atom stereocenters. The number of carbonyl (C=O) groups excluding carboxylic acids is 1. The van der Waals surface area contributed by atoms with Gasteiger partial charge in [0.1, 0.15) is 6.10 Å². The summed E-state index contributed by atoms with van der Waals surface area (Å²) in [5, 5.41) is 2.81. The maximum absolute atomic E-state index is 13.7. The van der Waals surface area contributed by atoms with Gasteiger partial charge >= 0.3 is 0 Å². The Hall–Kier alpha value is -1.62. The van der Waals surface area contributed by atoms with Crippen molar-refractivity contribution in [2.75, 3.05) is 13.7 Å². The first kappa shape index (κ1) is 17.4. The first-order valence-corrected chi connectivity index (χ1v) is 7.10. The van der Waals surface area contributed by atoms with Crippen molar-refractivity contribution in [3.63, 3.8) is 0 Å². The van der Waals surface area contributed by atoms with E-state index in [0.717, 1.165) is 0 Å². The van der Waals surface area contributed by atoms with E-state index >= 15 is 0 Å². The van der Waals surface area contributed by atoms with Gasteiger partial charge in [-0.3, -0.25) is 4.79 Å². The van der Waals surface area contributed by atoms with Gasteiger partial charge in [-0.1, -0.05) is 19.9 Å².